The fraction of sp³-hybridized carbons (Fsp3) is 0.312. The largest absolute Gasteiger partial charge is 0.453 e. The molecule has 0 atom stereocenters. The molecule has 1 aromatic carbocycles. The van der Waals surface area contributed by atoms with Crippen molar-refractivity contribution < 1.29 is 13.8 Å². The molecular formula is C16H13NO5. The van der Waals surface area contributed by atoms with Crippen LogP contribution in [0, 0.1) is 17.0 Å². The number of non-ortho nitro benzene ring substituents is 1. The molecule has 0 saturated heterocycles. The van der Waals surface area contributed by atoms with Gasteiger partial charge in [-0.25, -0.2) is 4.79 Å². The van der Waals surface area contributed by atoms with Crippen molar-refractivity contribution in [1.82, 2.24) is 0 Å². The predicted octanol–water partition coefficient (Wildman–Crippen LogP) is 3.63. The van der Waals surface area contributed by atoms with Crippen molar-refractivity contribution in [1.29, 1.82) is 0 Å². The van der Waals surface area contributed by atoms with Gasteiger partial charge in [0.2, 0.25) is 11.2 Å². The lowest BCUT2D eigenvalue weighted by Crippen LogP contribution is -2.01. The lowest BCUT2D eigenvalue weighted by Gasteiger charge is -2.08. The van der Waals surface area contributed by atoms with Crippen molar-refractivity contribution >= 4 is 27.6 Å². The Balaban J connectivity index is 2.25. The Morgan fingerprint density at radius 2 is 1.82 bits per heavy atom. The molecule has 6 nitrogen and oxygen atoms in total. The van der Waals surface area contributed by atoms with Crippen molar-refractivity contribution in [2.45, 2.75) is 32.6 Å². The molecule has 0 bridgehead atoms. The molecule has 2 heterocycles. The molecule has 112 valence electrons. The maximum absolute atomic E-state index is 11.6. The average molecular weight is 299 g/mol. The van der Waals surface area contributed by atoms with Gasteiger partial charge in [-0.05, 0) is 37.8 Å². The highest BCUT2D eigenvalue weighted by molar-refractivity contribution is 6.05. The second-order valence-electron chi connectivity index (χ2n) is 5.69. The molecule has 0 unspecified atom stereocenters. The van der Waals surface area contributed by atoms with Gasteiger partial charge < -0.3 is 8.83 Å². The van der Waals surface area contributed by atoms with E-state index in [0.717, 1.165) is 42.4 Å². The van der Waals surface area contributed by atoms with Crippen LogP contribution in [-0.4, -0.2) is 4.92 Å². The van der Waals surface area contributed by atoms with Crippen molar-refractivity contribution in [2.24, 2.45) is 0 Å². The Morgan fingerprint density at radius 1 is 1.09 bits per heavy atom. The van der Waals surface area contributed by atoms with E-state index in [1.807, 2.05) is 6.07 Å². The minimum atomic E-state index is -0.594. The lowest BCUT2D eigenvalue weighted by molar-refractivity contribution is -0.382. The van der Waals surface area contributed by atoms with Crippen LogP contribution in [0.15, 0.2) is 25.8 Å². The van der Waals surface area contributed by atoms with Crippen LogP contribution >= 0.6 is 0 Å². The van der Waals surface area contributed by atoms with Gasteiger partial charge in [-0.15, -0.1) is 0 Å². The third-order valence-electron chi connectivity index (χ3n) is 4.32. The standard InChI is InChI=1S/C16H13NO5/c1-8-6-13(18)22-15-10(8)7-11-9-4-2-3-5-12(9)21-16(11)14(15)17(19)20/h6-7H,2-5H2,1H3. The molecular weight excluding hydrogens is 286 g/mol. The highest BCUT2D eigenvalue weighted by Gasteiger charge is 2.29. The maximum Gasteiger partial charge on any atom is 0.355 e. The molecule has 1 aliphatic carbocycles. The number of nitrogens with zero attached hydrogens (tertiary/aromatic N) is 1. The molecule has 0 aliphatic heterocycles. The van der Waals surface area contributed by atoms with E-state index in [9.17, 15) is 14.9 Å². The minimum absolute atomic E-state index is 0.00593. The SMILES string of the molecule is Cc1cc(=O)oc2c([N+](=O)[O-])c3oc4c(c3cc12)CCCC4. The number of aryl methyl sites for hydroxylation is 3. The third kappa shape index (κ3) is 1.70. The summed E-state index contributed by atoms with van der Waals surface area (Å²) >= 11 is 0. The first-order chi connectivity index (χ1) is 10.6. The molecule has 6 heteroatoms. The lowest BCUT2D eigenvalue weighted by atomic mass is 9.95. The number of fused-ring (bicyclic) bond motifs is 4. The van der Waals surface area contributed by atoms with Gasteiger partial charge in [0.25, 0.3) is 0 Å². The zero-order chi connectivity index (χ0) is 15.4. The Hall–Kier alpha value is -2.63. The maximum atomic E-state index is 11.6. The smallest absolute Gasteiger partial charge is 0.355 e. The van der Waals surface area contributed by atoms with Crippen LogP contribution in [0.5, 0.6) is 0 Å². The molecule has 0 amide bonds. The molecule has 4 rings (SSSR count). The van der Waals surface area contributed by atoms with Crippen LogP contribution in [0.1, 0.15) is 29.7 Å². The monoisotopic (exact) mass is 299 g/mol. The highest BCUT2D eigenvalue weighted by atomic mass is 16.6. The van der Waals surface area contributed by atoms with E-state index in [1.165, 1.54) is 6.07 Å². The Morgan fingerprint density at radius 3 is 2.59 bits per heavy atom. The number of hydrogen-bond acceptors (Lipinski definition) is 5. The Kier molecular flexibility index (Phi) is 2.63. The van der Waals surface area contributed by atoms with E-state index in [2.05, 4.69) is 0 Å². The van der Waals surface area contributed by atoms with Crippen molar-refractivity contribution in [2.75, 3.05) is 0 Å². The quantitative estimate of drug-likeness (QED) is 0.389. The van der Waals surface area contributed by atoms with Gasteiger partial charge in [0, 0.05) is 28.8 Å². The van der Waals surface area contributed by atoms with E-state index in [4.69, 9.17) is 8.83 Å². The van der Waals surface area contributed by atoms with Crippen LogP contribution in [0.25, 0.3) is 21.9 Å². The Labute approximate surface area is 124 Å². The Bertz CT molecular complexity index is 995. The molecule has 0 fully saturated rings. The van der Waals surface area contributed by atoms with E-state index < -0.39 is 10.5 Å². The van der Waals surface area contributed by atoms with Crippen LogP contribution < -0.4 is 5.63 Å². The summed E-state index contributed by atoms with van der Waals surface area (Å²) in [4.78, 5) is 22.6. The topological polar surface area (TPSA) is 86.5 Å². The van der Waals surface area contributed by atoms with Gasteiger partial charge in [0.1, 0.15) is 5.76 Å². The zero-order valence-electron chi connectivity index (χ0n) is 12.0. The molecule has 1 aliphatic rings. The van der Waals surface area contributed by atoms with Gasteiger partial charge >= 0.3 is 11.3 Å². The second kappa shape index (κ2) is 4.43. The summed E-state index contributed by atoms with van der Waals surface area (Å²) in [6, 6.07) is 3.20. The fourth-order valence-electron chi connectivity index (χ4n) is 3.31. The second-order valence-corrected chi connectivity index (χ2v) is 5.69. The van der Waals surface area contributed by atoms with Crippen molar-refractivity contribution in [3.05, 3.63) is 49.6 Å². The number of nitro benzene ring substituents is 1. The summed E-state index contributed by atoms with van der Waals surface area (Å²) in [5, 5.41) is 12.9. The first-order valence-corrected chi connectivity index (χ1v) is 7.22. The summed E-state index contributed by atoms with van der Waals surface area (Å²) in [6.45, 7) is 1.75. The molecule has 0 spiro atoms. The van der Waals surface area contributed by atoms with E-state index in [-0.39, 0.29) is 16.9 Å². The normalized spacial score (nSPS) is 14.4. The van der Waals surface area contributed by atoms with E-state index >= 15 is 0 Å². The number of benzene rings is 1. The van der Waals surface area contributed by atoms with Gasteiger partial charge in [-0.3, -0.25) is 10.1 Å². The van der Waals surface area contributed by atoms with Gasteiger partial charge in [0.05, 0.1) is 4.92 Å². The number of rotatable bonds is 1. The first-order valence-electron chi connectivity index (χ1n) is 7.22. The van der Waals surface area contributed by atoms with Crippen LogP contribution in [0.2, 0.25) is 0 Å². The summed E-state index contributed by atoms with van der Waals surface area (Å²) in [5.74, 6) is 0.819. The molecule has 0 saturated carbocycles. The molecule has 3 aromatic rings. The van der Waals surface area contributed by atoms with Gasteiger partial charge in [-0.2, -0.15) is 0 Å². The van der Waals surface area contributed by atoms with Crippen LogP contribution in [-0.2, 0) is 12.8 Å². The third-order valence-corrected chi connectivity index (χ3v) is 4.32. The molecule has 0 N–H and O–H groups in total. The zero-order valence-corrected chi connectivity index (χ0v) is 12.0. The summed E-state index contributed by atoms with van der Waals surface area (Å²) < 4.78 is 10.9. The van der Waals surface area contributed by atoms with Crippen LogP contribution in [0.3, 0.4) is 0 Å². The molecule has 0 radical (unpaired) electrons. The molecule has 22 heavy (non-hydrogen) atoms. The van der Waals surface area contributed by atoms with Crippen LogP contribution in [0.4, 0.5) is 5.69 Å². The van der Waals surface area contributed by atoms with Crippen molar-refractivity contribution in [3.63, 3.8) is 0 Å². The van der Waals surface area contributed by atoms with E-state index in [0.29, 0.717) is 10.9 Å². The fourth-order valence-corrected chi connectivity index (χ4v) is 3.31. The number of hydrogen-bond donors (Lipinski definition) is 0. The van der Waals surface area contributed by atoms with Gasteiger partial charge in [0.15, 0.2) is 0 Å². The first kappa shape index (κ1) is 13.1. The average Bonchev–Trinajstić information content (AvgIpc) is 2.82. The summed E-state index contributed by atoms with van der Waals surface area (Å²) in [5.41, 5.74) is 1.09. The summed E-state index contributed by atoms with van der Waals surface area (Å²) in [7, 11) is 0. The number of furan rings is 1. The molecule has 2 aromatic heterocycles. The number of nitro groups is 1. The predicted molar refractivity (Wildman–Crippen MR) is 80.3 cm³/mol. The van der Waals surface area contributed by atoms with E-state index in [1.54, 1.807) is 6.92 Å². The highest BCUT2D eigenvalue weighted by Crippen LogP contribution is 2.41. The van der Waals surface area contributed by atoms with Crippen molar-refractivity contribution in [3.8, 4) is 0 Å². The minimum Gasteiger partial charge on any atom is -0.453 e. The summed E-state index contributed by atoms with van der Waals surface area (Å²) in [6.07, 6.45) is 3.73. The van der Waals surface area contributed by atoms with Gasteiger partial charge in [-0.1, -0.05) is 0 Å².